The minimum atomic E-state index is 0. The summed E-state index contributed by atoms with van der Waals surface area (Å²) in [7, 11) is 4.07. The normalized spacial score (nSPS) is 10.0. The lowest BCUT2D eigenvalue weighted by Gasteiger charge is -2.09. The van der Waals surface area contributed by atoms with E-state index in [-0.39, 0.29) is 12.4 Å². The van der Waals surface area contributed by atoms with Crippen molar-refractivity contribution in [3.8, 4) is 0 Å². The molecule has 0 aliphatic heterocycles. The molecule has 0 aromatic rings. The van der Waals surface area contributed by atoms with E-state index in [4.69, 9.17) is 9.47 Å². The summed E-state index contributed by atoms with van der Waals surface area (Å²) in [6.07, 6.45) is 0. The van der Waals surface area contributed by atoms with E-state index >= 15 is 0 Å². The maximum absolute atomic E-state index is 5.28. The van der Waals surface area contributed by atoms with Crippen LogP contribution in [0.1, 0.15) is 6.92 Å². The Hall–Kier alpha value is 0.170. The molecule has 3 nitrogen and oxygen atoms in total. The third kappa shape index (κ3) is 12.8. The third-order valence-corrected chi connectivity index (χ3v) is 1.26. The van der Waals surface area contributed by atoms with Gasteiger partial charge >= 0.3 is 0 Å². The molecule has 0 heterocycles. The zero-order valence-corrected chi connectivity index (χ0v) is 9.02. The van der Waals surface area contributed by atoms with Crippen LogP contribution in [0.3, 0.4) is 0 Å². The lowest BCUT2D eigenvalue weighted by Crippen LogP contribution is -2.19. The summed E-state index contributed by atoms with van der Waals surface area (Å²) < 4.78 is 10.4. The Bertz CT molecular complexity index is 81.5. The molecule has 12 heavy (non-hydrogen) atoms. The van der Waals surface area contributed by atoms with Crippen molar-refractivity contribution >= 4 is 12.4 Å². The van der Waals surface area contributed by atoms with Crippen LogP contribution < -0.4 is 0 Å². The predicted octanol–water partition coefficient (Wildman–Crippen LogP) is 1.02. The Morgan fingerprint density at radius 3 is 2.08 bits per heavy atom. The molecular formula is C8H20ClNO2. The average molecular weight is 198 g/mol. The van der Waals surface area contributed by atoms with Gasteiger partial charge in [0, 0.05) is 13.2 Å². The van der Waals surface area contributed by atoms with Crippen LogP contribution >= 0.6 is 12.4 Å². The van der Waals surface area contributed by atoms with Crippen molar-refractivity contribution < 1.29 is 9.47 Å². The molecule has 0 fully saturated rings. The van der Waals surface area contributed by atoms with Crippen molar-refractivity contribution in [1.29, 1.82) is 0 Å². The first-order valence-corrected chi connectivity index (χ1v) is 4.07. The van der Waals surface area contributed by atoms with Gasteiger partial charge in [0.25, 0.3) is 0 Å². The fraction of sp³-hybridized carbons (Fsp3) is 1.00. The van der Waals surface area contributed by atoms with Gasteiger partial charge in [-0.15, -0.1) is 12.4 Å². The first-order chi connectivity index (χ1) is 5.27. The van der Waals surface area contributed by atoms with Crippen molar-refractivity contribution in [2.24, 2.45) is 0 Å². The SMILES string of the molecule is CCOCCOCCN(C)C.Cl. The van der Waals surface area contributed by atoms with Gasteiger partial charge in [0.2, 0.25) is 0 Å². The topological polar surface area (TPSA) is 21.7 Å². The molecule has 0 atom stereocenters. The van der Waals surface area contributed by atoms with Crippen molar-refractivity contribution in [2.45, 2.75) is 6.92 Å². The Labute approximate surface area is 81.4 Å². The van der Waals surface area contributed by atoms with E-state index in [1.54, 1.807) is 0 Å². The van der Waals surface area contributed by atoms with Crippen molar-refractivity contribution in [2.75, 3.05) is 47.1 Å². The summed E-state index contributed by atoms with van der Waals surface area (Å²) in [6, 6.07) is 0. The van der Waals surface area contributed by atoms with Crippen LogP contribution in [0, 0.1) is 0 Å². The van der Waals surface area contributed by atoms with Gasteiger partial charge in [0.1, 0.15) is 0 Å². The molecule has 0 radical (unpaired) electrons. The molecular weight excluding hydrogens is 178 g/mol. The minimum Gasteiger partial charge on any atom is -0.379 e. The molecule has 0 unspecified atom stereocenters. The summed E-state index contributed by atoms with van der Waals surface area (Å²) >= 11 is 0. The zero-order chi connectivity index (χ0) is 8.53. The van der Waals surface area contributed by atoms with E-state index in [2.05, 4.69) is 4.90 Å². The second-order valence-electron chi connectivity index (χ2n) is 2.61. The van der Waals surface area contributed by atoms with Gasteiger partial charge in [0.05, 0.1) is 19.8 Å². The van der Waals surface area contributed by atoms with Gasteiger partial charge in [-0.05, 0) is 21.0 Å². The number of hydrogen-bond acceptors (Lipinski definition) is 3. The highest BCUT2D eigenvalue weighted by molar-refractivity contribution is 5.85. The first kappa shape index (κ1) is 14.7. The van der Waals surface area contributed by atoms with Gasteiger partial charge in [-0.25, -0.2) is 0 Å². The van der Waals surface area contributed by atoms with Gasteiger partial charge in [-0.3, -0.25) is 0 Å². The molecule has 0 aromatic heterocycles. The molecule has 0 spiro atoms. The molecule has 4 heteroatoms. The number of likely N-dealkylation sites (N-methyl/N-ethyl adjacent to an activating group) is 1. The van der Waals surface area contributed by atoms with Gasteiger partial charge in [-0.1, -0.05) is 0 Å². The van der Waals surface area contributed by atoms with Gasteiger partial charge in [-0.2, -0.15) is 0 Å². The third-order valence-electron chi connectivity index (χ3n) is 1.26. The van der Waals surface area contributed by atoms with E-state index in [0.29, 0.717) is 13.2 Å². The predicted molar refractivity (Wildman–Crippen MR) is 53.1 cm³/mol. The highest BCUT2D eigenvalue weighted by atomic mass is 35.5. The number of rotatable bonds is 7. The smallest absolute Gasteiger partial charge is 0.0701 e. The first-order valence-electron chi connectivity index (χ1n) is 4.07. The standard InChI is InChI=1S/C8H19NO2.ClH/c1-4-10-7-8-11-6-5-9(2)3;/h4-8H2,1-3H3;1H. The van der Waals surface area contributed by atoms with E-state index in [9.17, 15) is 0 Å². The van der Waals surface area contributed by atoms with E-state index in [0.717, 1.165) is 19.8 Å². The monoisotopic (exact) mass is 197 g/mol. The summed E-state index contributed by atoms with van der Waals surface area (Å²) in [5, 5.41) is 0. The molecule has 0 aromatic carbocycles. The maximum Gasteiger partial charge on any atom is 0.0701 e. The molecule has 0 aliphatic carbocycles. The molecule has 76 valence electrons. The van der Waals surface area contributed by atoms with E-state index < -0.39 is 0 Å². The molecule has 0 saturated heterocycles. The van der Waals surface area contributed by atoms with Crippen molar-refractivity contribution in [3.63, 3.8) is 0 Å². The van der Waals surface area contributed by atoms with E-state index in [1.165, 1.54) is 0 Å². The Morgan fingerprint density at radius 1 is 1.00 bits per heavy atom. The largest absolute Gasteiger partial charge is 0.379 e. The maximum atomic E-state index is 5.28. The number of hydrogen-bond donors (Lipinski definition) is 0. The number of nitrogens with zero attached hydrogens (tertiary/aromatic N) is 1. The Kier molecular flexibility index (Phi) is 13.7. The second-order valence-corrected chi connectivity index (χ2v) is 2.61. The van der Waals surface area contributed by atoms with Crippen LogP contribution in [-0.2, 0) is 9.47 Å². The Morgan fingerprint density at radius 2 is 1.58 bits per heavy atom. The van der Waals surface area contributed by atoms with E-state index in [1.807, 2.05) is 21.0 Å². The molecule has 0 aliphatic rings. The molecule has 0 bridgehead atoms. The fourth-order valence-corrected chi connectivity index (χ4v) is 0.611. The Balaban J connectivity index is 0. The van der Waals surface area contributed by atoms with Crippen LogP contribution in [0.4, 0.5) is 0 Å². The van der Waals surface area contributed by atoms with Crippen LogP contribution in [0.25, 0.3) is 0 Å². The average Bonchev–Trinajstić information content (AvgIpc) is 1.96. The fourth-order valence-electron chi connectivity index (χ4n) is 0.611. The summed E-state index contributed by atoms with van der Waals surface area (Å²) in [4.78, 5) is 2.10. The summed E-state index contributed by atoms with van der Waals surface area (Å²) in [5.74, 6) is 0. The van der Waals surface area contributed by atoms with Crippen LogP contribution in [0.15, 0.2) is 0 Å². The minimum absolute atomic E-state index is 0. The van der Waals surface area contributed by atoms with Gasteiger partial charge < -0.3 is 14.4 Å². The summed E-state index contributed by atoms with van der Waals surface area (Å²) in [5.41, 5.74) is 0. The zero-order valence-electron chi connectivity index (χ0n) is 8.21. The number of halogens is 1. The quantitative estimate of drug-likeness (QED) is 0.569. The van der Waals surface area contributed by atoms with Crippen molar-refractivity contribution in [3.05, 3.63) is 0 Å². The van der Waals surface area contributed by atoms with Crippen LogP contribution in [0.5, 0.6) is 0 Å². The van der Waals surface area contributed by atoms with Crippen molar-refractivity contribution in [1.82, 2.24) is 4.90 Å². The molecule has 0 N–H and O–H groups in total. The highest BCUT2D eigenvalue weighted by Gasteiger charge is 1.89. The number of ether oxygens (including phenoxy) is 2. The molecule has 0 rings (SSSR count). The van der Waals surface area contributed by atoms with Crippen LogP contribution in [0.2, 0.25) is 0 Å². The summed E-state index contributed by atoms with van der Waals surface area (Å²) in [6.45, 7) is 5.95. The van der Waals surface area contributed by atoms with Gasteiger partial charge in [0.15, 0.2) is 0 Å². The molecule has 0 amide bonds. The lowest BCUT2D eigenvalue weighted by atomic mass is 10.6. The highest BCUT2D eigenvalue weighted by Crippen LogP contribution is 1.79. The van der Waals surface area contributed by atoms with Crippen LogP contribution in [-0.4, -0.2) is 52.0 Å². The molecule has 0 saturated carbocycles. The second kappa shape index (κ2) is 11.2. The lowest BCUT2D eigenvalue weighted by molar-refractivity contribution is 0.0473.